The molecule has 3 aromatic rings. The molecule has 0 bridgehead atoms. The molecule has 0 aliphatic rings. The van der Waals surface area contributed by atoms with E-state index in [-0.39, 0.29) is 28.0 Å². The number of hydrogen-bond donors (Lipinski definition) is 1. The zero-order chi connectivity index (χ0) is 29.9. The second-order valence-corrected chi connectivity index (χ2v) is 18.5. The van der Waals surface area contributed by atoms with Gasteiger partial charge in [-0.15, -0.1) is 0 Å². The summed E-state index contributed by atoms with van der Waals surface area (Å²) in [5, 5.41) is 11.0. The van der Waals surface area contributed by atoms with Crippen LogP contribution in [0.5, 0.6) is 17.2 Å². The molecule has 0 aliphatic heterocycles. The summed E-state index contributed by atoms with van der Waals surface area (Å²) in [6.07, 6.45) is 1.44. The molecule has 3 aromatic carbocycles. The Morgan fingerprint density at radius 2 is 1.41 bits per heavy atom. The molecule has 3 rings (SSSR count). The van der Waals surface area contributed by atoms with Gasteiger partial charge in [0.1, 0.15) is 11.4 Å². The molecular formula is C28H29Cl3F4NO2Ti. The first-order chi connectivity index (χ1) is 17.9. The van der Waals surface area contributed by atoms with E-state index in [1.54, 1.807) is 12.1 Å². The van der Waals surface area contributed by atoms with Crippen molar-refractivity contribution in [2.75, 3.05) is 0 Å². The average Bonchev–Trinajstić information content (AvgIpc) is 2.82. The third kappa shape index (κ3) is 8.61. The molecule has 0 unspecified atom stereocenters. The summed E-state index contributed by atoms with van der Waals surface area (Å²) in [5.74, 6) is -7.60. The fourth-order valence-electron chi connectivity index (χ4n) is 3.47. The predicted molar refractivity (Wildman–Crippen MR) is 148 cm³/mol. The first-order valence-electron chi connectivity index (χ1n) is 11.7. The molecule has 0 radical (unpaired) electrons. The molecule has 0 saturated heterocycles. The summed E-state index contributed by atoms with van der Waals surface area (Å²) in [6.45, 7) is 13.1. The van der Waals surface area contributed by atoms with Crippen LogP contribution in [-0.4, -0.2) is 11.3 Å². The number of aromatic hydroxyl groups is 1. The molecule has 11 heteroatoms. The summed E-state index contributed by atoms with van der Waals surface area (Å²) in [7, 11) is 14.9. The van der Waals surface area contributed by atoms with Crippen molar-refractivity contribution in [1.29, 1.82) is 0 Å². The molecule has 211 valence electrons. The summed E-state index contributed by atoms with van der Waals surface area (Å²) in [5.41, 5.74) is 1.14. The zero-order valence-electron chi connectivity index (χ0n) is 22.5. The van der Waals surface area contributed by atoms with Crippen molar-refractivity contribution in [2.24, 2.45) is 4.99 Å². The molecule has 3 nitrogen and oxygen atoms in total. The van der Waals surface area contributed by atoms with Gasteiger partial charge >= 0.3 is 42.6 Å². The van der Waals surface area contributed by atoms with E-state index in [2.05, 4.69) is 25.8 Å². The molecule has 39 heavy (non-hydrogen) atoms. The van der Waals surface area contributed by atoms with Crippen molar-refractivity contribution in [3.8, 4) is 17.2 Å². The van der Waals surface area contributed by atoms with E-state index in [1.165, 1.54) is 18.3 Å². The maximum atomic E-state index is 14.5. The minimum absolute atomic E-state index is 0.0703. The van der Waals surface area contributed by atoms with Gasteiger partial charge in [0.25, 0.3) is 0 Å². The Hall–Kier alpha value is -1.77. The maximum absolute atomic E-state index is 14.5. The van der Waals surface area contributed by atoms with Crippen molar-refractivity contribution in [1.82, 2.24) is 0 Å². The van der Waals surface area contributed by atoms with Crippen molar-refractivity contribution in [3.63, 3.8) is 0 Å². The van der Waals surface area contributed by atoms with Crippen LogP contribution in [-0.2, 0) is 25.5 Å². The van der Waals surface area contributed by atoms with Crippen LogP contribution < -0.4 is 4.74 Å². The monoisotopic (exact) mass is 640 g/mol. The zero-order valence-corrected chi connectivity index (χ0v) is 26.3. The standard InChI is InChI=1S/C28H29F4NO2.3ClH.Ti/c1-15-21(29)23(31)24(32)26(22(15)30)35-20-11-9-8-10-19(20)33-14-16-12-17(27(2,3)4)13-18(25(16)34)28(5,6)7;;;;/h8-14,34H,1-7H3;3*1H;/q;;;;+3/p-3. The third-order valence-corrected chi connectivity index (χ3v) is 5.68. The number of ether oxygens (including phenoxy) is 1. The first kappa shape index (κ1) is 33.4. The van der Waals surface area contributed by atoms with E-state index in [0.717, 1.165) is 18.1 Å². The summed E-state index contributed by atoms with van der Waals surface area (Å²) >= 11 is -1.92. The first-order valence-corrected chi connectivity index (χ1v) is 18.2. The van der Waals surface area contributed by atoms with Crippen LogP contribution in [0.4, 0.5) is 23.2 Å². The quantitative estimate of drug-likeness (QED) is 0.101. The Morgan fingerprint density at radius 3 is 1.95 bits per heavy atom. The second-order valence-electron chi connectivity index (χ2n) is 10.7. The molecular weight excluding hydrogens is 613 g/mol. The van der Waals surface area contributed by atoms with Gasteiger partial charge in [-0.3, -0.25) is 4.99 Å². The molecule has 1 N–H and O–H groups in total. The topological polar surface area (TPSA) is 41.8 Å². The van der Waals surface area contributed by atoms with Gasteiger partial charge < -0.3 is 9.84 Å². The van der Waals surface area contributed by atoms with E-state index in [4.69, 9.17) is 32.7 Å². The number of benzene rings is 3. The number of nitrogens with zero attached hydrogens (tertiary/aromatic N) is 1. The van der Waals surface area contributed by atoms with Crippen LogP contribution >= 0.6 is 27.9 Å². The normalized spacial score (nSPS) is 11.8. The number of phenolic OH excluding ortho intramolecular Hbond substituents is 1. The summed E-state index contributed by atoms with van der Waals surface area (Å²) in [6, 6.07) is 9.91. The number of hydrogen-bond acceptors (Lipinski definition) is 3. The van der Waals surface area contributed by atoms with E-state index >= 15 is 0 Å². The van der Waals surface area contributed by atoms with Gasteiger partial charge in [-0.1, -0.05) is 59.7 Å². The van der Waals surface area contributed by atoms with Gasteiger partial charge in [0.2, 0.25) is 11.6 Å². The van der Waals surface area contributed by atoms with Crippen LogP contribution in [0.15, 0.2) is 41.4 Å². The van der Waals surface area contributed by atoms with Gasteiger partial charge in [0.05, 0.1) is 0 Å². The van der Waals surface area contributed by atoms with E-state index < -0.39 is 49.3 Å². The van der Waals surface area contributed by atoms with Gasteiger partial charge in [0, 0.05) is 22.9 Å². The Labute approximate surface area is 244 Å². The Kier molecular flexibility index (Phi) is 11.4. The fourth-order valence-corrected chi connectivity index (χ4v) is 3.47. The Balaban J connectivity index is 0.00000124. The third-order valence-electron chi connectivity index (χ3n) is 5.68. The van der Waals surface area contributed by atoms with Crippen LogP contribution in [0.2, 0.25) is 0 Å². The van der Waals surface area contributed by atoms with Crippen molar-refractivity contribution >= 4 is 39.8 Å². The van der Waals surface area contributed by atoms with Gasteiger partial charge in [-0.2, -0.15) is 4.39 Å². The number of para-hydroxylation sites is 2. The molecule has 0 fully saturated rings. The van der Waals surface area contributed by atoms with Crippen LogP contribution in [0.1, 0.15) is 63.8 Å². The van der Waals surface area contributed by atoms with Gasteiger partial charge in [-0.05, 0) is 41.5 Å². The molecule has 0 spiro atoms. The molecule has 0 atom stereocenters. The molecule has 0 saturated carbocycles. The number of rotatable bonds is 4. The Morgan fingerprint density at radius 1 is 0.846 bits per heavy atom. The van der Waals surface area contributed by atoms with Crippen LogP contribution in [0.3, 0.4) is 0 Å². The summed E-state index contributed by atoms with van der Waals surface area (Å²) in [4.78, 5) is 4.38. The average molecular weight is 642 g/mol. The molecule has 0 aromatic heterocycles. The SMILES string of the molecule is Cc1c(F)c(F)c(F)c(Oc2ccccc2N=Cc2cc(C(C)(C)C)cc(C(C)(C)C)c2O)c1F.[Cl][Ti]([Cl])[Cl]. The van der Waals surface area contributed by atoms with Crippen LogP contribution in [0, 0.1) is 30.2 Å². The fraction of sp³-hybridized carbons (Fsp3) is 0.321. The second kappa shape index (κ2) is 13.3. The van der Waals surface area contributed by atoms with Gasteiger partial charge in [-0.25, -0.2) is 13.2 Å². The minimum atomic E-state index is -1.92. The number of phenols is 1. The van der Waals surface area contributed by atoms with Gasteiger partial charge in [0.15, 0.2) is 23.2 Å². The molecule has 0 amide bonds. The van der Waals surface area contributed by atoms with E-state index in [9.17, 15) is 22.7 Å². The molecule has 0 heterocycles. The summed E-state index contributed by atoms with van der Waals surface area (Å²) < 4.78 is 61.6. The van der Waals surface area contributed by atoms with Crippen LogP contribution in [0.25, 0.3) is 0 Å². The Bertz CT molecular complexity index is 1340. The number of halogens is 7. The number of aliphatic imine (C=N–C) groups is 1. The van der Waals surface area contributed by atoms with Crippen molar-refractivity contribution < 1.29 is 42.1 Å². The van der Waals surface area contributed by atoms with Crippen molar-refractivity contribution in [2.45, 2.75) is 59.3 Å². The molecule has 0 aliphatic carbocycles. The predicted octanol–water partition coefficient (Wildman–Crippen LogP) is 10.5. The van der Waals surface area contributed by atoms with E-state index in [1.807, 2.05) is 32.9 Å². The van der Waals surface area contributed by atoms with Crippen molar-refractivity contribution in [3.05, 3.63) is 81.9 Å². The van der Waals surface area contributed by atoms with E-state index in [0.29, 0.717) is 5.56 Å².